The summed E-state index contributed by atoms with van der Waals surface area (Å²) in [7, 11) is 0. The number of nitrogen functional groups attached to an aromatic ring is 1. The lowest BCUT2D eigenvalue weighted by molar-refractivity contribution is 0.859. The molecule has 2 rings (SSSR count). The zero-order valence-electron chi connectivity index (χ0n) is 9.19. The van der Waals surface area contributed by atoms with E-state index in [9.17, 15) is 0 Å². The van der Waals surface area contributed by atoms with Gasteiger partial charge in [0.25, 0.3) is 0 Å². The van der Waals surface area contributed by atoms with Gasteiger partial charge < -0.3 is 5.73 Å². The largest absolute Gasteiger partial charge is 0.399 e. The van der Waals surface area contributed by atoms with Crippen LogP contribution in [0.15, 0.2) is 59.7 Å². The Balaban J connectivity index is 2.42. The lowest BCUT2D eigenvalue weighted by Gasteiger charge is -2.11. The van der Waals surface area contributed by atoms with Crippen LogP contribution in [0.4, 0.5) is 5.69 Å². The minimum absolute atomic E-state index is 0.304. The molecule has 0 spiro atoms. The summed E-state index contributed by atoms with van der Waals surface area (Å²) in [5, 5.41) is 3.83. The highest BCUT2D eigenvalue weighted by Crippen LogP contribution is 2.26. The van der Waals surface area contributed by atoms with Gasteiger partial charge in [-0.3, -0.25) is 0 Å². The van der Waals surface area contributed by atoms with Crippen LogP contribution in [-0.2, 0) is 0 Å². The molecular weight excluding hydrogens is 212 g/mol. The van der Waals surface area contributed by atoms with E-state index in [-0.39, 0.29) is 6.04 Å². The van der Waals surface area contributed by atoms with Crippen LogP contribution < -0.4 is 5.73 Å². The van der Waals surface area contributed by atoms with E-state index in [2.05, 4.69) is 10.0 Å². The Morgan fingerprint density at radius 1 is 0.941 bits per heavy atom. The van der Waals surface area contributed by atoms with Crippen LogP contribution >= 0.6 is 0 Å². The first kappa shape index (κ1) is 11.0. The molecule has 2 aromatic rings. The molecular formula is C13H12N4. The van der Waals surface area contributed by atoms with Gasteiger partial charge in [0.15, 0.2) is 0 Å². The second-order valence-corrected chi connectivity index (χ2v) is 3.68. The number of hydrogen-bond donors (Lipinski definition) is 1. The second kappa shape index (κ2) is 5.05. The molecule has 1 unspecified atom stereocenters. The first-order valence-electron chi connectivity index (χ1n) is 5.26. The number of hydrogen-bond acceptors (Lipinski definition) is 2. The molecule has 2 aromatic carbocycles. The van der Waals surface area contributed by atoms with E-state index in [4.69, 9.17) is 11.3 Å². The molecule has 0 aliphatic rings. The van der Waals surface area contributed by atoms with Crippen molar-refractivity contribution in [3.05, 3.63) is 76.2 Å². The summed E-state index contributed by atoms with van der Waals surface area (Å²) in [6, 6.07) is 16.7. The van der Waals surface area contributed by atoms with Crippen molar-refractivity contribution in [1.29, 1.82) is 0 Å². The van der Waals surface area contributed by atoms with Gasteiger partial charge in [-0.25, -0.2) is 0 Å². The highest BCUT2D eigenvalue weighted by atomic mass is 15.1. The first-order valence-corrected chi connectivity index (χ1v) is 5.26. The quantitative estimate of drug-likeness (QED) is 0.367. The Kier molecular flexibility index (Phi) is 3.28. The average molecular weight is 224 g/mol. The minimum atomic E-state index is -0.304. The zero-order chi connectivity index (χ0) is 12.1. The Hall–Kier alpha value is -2.45. The topological polar surface area (TPSA) is 74.8 Å². The second-order valence-electron chi connectivity index (χ2n) is 3.68. The zero-order valence-corrected chi connectivity index (χ0v) is 9.19. The van der Waals surface area contributed by atoms with Gasteiger partial charge in [-0.2, -0.15) is 0 Å². The van der Waals surface area contributed by atoms with Crippen molar-refractivity contribution in [2.45, 2.75) is 6.04 Å². The minimum Gasteiger partial charge on any atom is -0.399 e. The summed E-state index contributed by atoms with van der Waals surface area (Å²) >= 11 is 0. The van der Waals surface area contributed by atoms with Crippen LogP contribution in [-0.4, -0.2) is 0 Å². The van der Waals surface area contributed by atoms with Crippen molar-refractivity contribution >= 4 is 5.69 Å². The third-order valence-electron chi connectivity index (χ3n) is 2.53. The summed E-state index contributed by atoms with van der Waals surface area (Å²) < 4.78 is 0. The molecule has 84 valence electrons. The highest BCUT2D eigenvalue weighted by molar-refractivity contribution is 5.42. The highest BCUT2D eigenvalue weighted by Gasteiger charge is 2.11. The van der Waals surface area contributed by atoms with Gasteiger partial charge in [-0.15, -0.1) is 0 Å². The molecule has 0 fully saturated rings. The Labute approximate surface area is 99.3 Å². The van der Waals surface area contributed by atoms with Crippen LogP contribution in [0, 0.1) is 0 Å². The third-order valence-corrected chi connectivity index (χ3v) is 2.53. The SMILES string of the molecule is [N-]=[N+]=NC(c1ccccc1)c1ccc(N)cc1. The maximum absolute atomic E-state index is 8.65. The van der Waals surface area contributed by atoms with E-state index < -0.39 is 0 Å². The number of anilines is 1. The Morgan fingerprint density at radius 3 is 2.12 bits per heavy atom. The van der Waals surface area contributed by atoms with Gasteiger partial charge in [0.05, 0.1) is 6.04 Å². The van der Waals surface area contributed by atoms with Crippen molar-refractivity contribution < 1.29 is 0 Å². The van der Waals surface area contributed by atoms with Crippen LogP contribution in [0.2, 0.25) is 0 Å². The fourth-order valence-electron chi connectivity index (χ4n) is 1.69. The molecule has 0 heterocycles. The normalized spacial score (nSPS) is 11.5. The number of azide groups is 1. The number of benzene rings is 2. The molecule has 0 aromatic heterocycles. The lowest BCUT2D eigenvalue weighted by atomic mass is 9.99. The molecule has 17 heavy (non-hydrogen) atoms. The summed E-state index contributed by atoms with van der Waals surface area (Å²) in [5.74, 6) is 0. The van der Waals surface area contributed by atoms with Crippen molar-refractivity contribution in [3.63, 3.8) is 0 Å². The van der Waals surface area contributed by atoms with Crippen LogP contribution in [0.3, 0.4) is 0 Å². The van der Waals surface area contributed by atoms with Gasteiger partial charge >= 0.3 is 0 Å². The number of nitrogens with zero attached hydrogens (tertiary/aromatic N) is 3. The third kappa shape index (κ3) is 2.56. The van der Waals surface area contributed by atoms with Crippen molar-refractivity contribution in [2.24, 2.45) is 5.11 Å². The maximum atomic E-state index is 8.65. The molecule has 0 aliphatic heterocycles. The predicted octanol–water partition coefficient (Wildman–Crippen LogP) is 3.67. The van der Waals surface area contributed by atoms with E-state index in [0.29, 0.717) is 5.69 Å². The van der Waals surface area contributed by atoms with Crippen molar-refractivity contribution in [1.82, 2.24) is 0 Å². The molecule has 4 nitrogen and oxygen atoms in total. The lowest BCUT2D eigenvalue weighted by Crippen LogP contribution is -1.97. The number of rotatable bonds is 3. The summed E-state index contributed by atoms with van der Waals surface area (Å²) in [6.07, 6.45) is 0. The molecule has 4 heteroatoms. The van der Waals surface area contributed by atoms with Gasteiger partial charge in [0, 0.05) is 10.6 Å². The summed E-state index contributed by atoms with van der Waals surface area (Å²) in [5.41, 5.74) is 16.9. The van der Waals surface area contributed by atoms with Crippen LogP contribution in [0.1, 0.15) is 17.2 Å². The standard InChI is InChI=1S/C13H12N4/c14-12-8-6-11(7-9-12)13(16-17-15)10-4-2-1-3-5-10/h1-9,13H,14H2. The van der Waals surface area contributed by atoms with E-state index in [1.165, 1.54) is 0 Å². The van der Waals surface area contributed by atoms with Crippen molar-refractivity contribution in [3.8, 4) is 0 Å². The molecule has 2 N–H and O–H groups in total. The first-order chi connectivity index (χ1) is 8.31. The smallest absolute Gasteiger partial charge is 0.0876 e. The molecule has 0 saturated carbocycles. The summed E-state index contributed by atoms with van der Waals surface area (Å²) in [6.45, 7) is 0. The maximum Gasteiger partial charge on any atom is 0.0876 e. The Morgan fingerprint density at radius 2 is 1.53 bits per heavy atom. The van der Waals surface area contributed by atoms with Gasteiger partial charge in [-0.05, 0) is 28.8 Å². The molecule has 0 radical (unpaired) electrons. The molecule has 1 atom stereocenters. The molecule has 0 saturated heterocycles. The van der Waals surface area contributed by atoms with Gasteiger partial charge in [0.2, 0.25) is 0 Å². The van der Waals surface area contributed by atoms with E-state index in [1.54, 1.807) is 12.1 Å². The van der Waals surface area contributed by atoms with Crippen LogP contribution in [0.25, 0.3) is 10.4 Å². The molecule has 0 aliphatic carbocycles. The molecule has 0 bridgehead atoms. The fourth-order valence-corrected chi connectivity index (χ4v) is 1.69. The predicted molar refractivity (Wildman–Crippen MR) is 68.3 cm³/mol. The van der Waals surface area contributed by atoms with E-state index in [0.717, 1.165) is 11.1 Å². The average Bonchev–Trinajstić information content (AvgIpc) is 2.38. The Bertz CT molecular complexity index is 527. The van der Waals surface area contributed by atoms with E-state index >= 15 is 0 Å². The van der Waals surface area contributed by atoms with Crippen molar-refractivity contribution in [2.75, 3.05) is 5.73 Å². The summed E-state index contributed by atoms with van der Waals surface area (Å²) in [4.78, 5) is 2.90. The van der Waals surface area contributed by atoms with Gasteiger partial charge in [0.1, 0.15) is 0 Å². The fraction of sp³-hybridized carbons (Fsp3) is 0.0769. The monoisotopic (exact) mass is 224 g/mol. The van der Waals surface area contributed by atoms with E-state index in [1.807, 2.05) is 42.5 Å². The van der Waals surface area contributed by atoms with Crippen LogP contribution in [0.5, 0.6) is 0 Å². The number of nitrogens with two attached hydrogens (primary N) is 1. The van der Waals surface area contributed by atoms with Gasteiger partial charge in [-0.1, -0.05) is 47.6 Å². The molecule has 0 amide bonds.